The molecule has 0 spiro atoms. The van der Waals surface area contributed by atoms with Crippen molar-refractivity contribution in [3.63, 3.8) is 0 Å². The van der Waals surface area contributed by atoms with E-state index in [0.717, 1.165) is 11.4 Å². The third-order valence-corrected chi connectivity index (χ3v) is 5.40. The molecule has 3 aromatic rings. The van der Waals surface area contributed by atoms with Crippen LogP contribution in [0.15, 0.2) is 65.7 Å². The second kappa shape index (κ2) is 8.99. The van der Waals surface area contributed by atoms with Crippen molar-refractivity contribution >= 4 is 11.6 Å². The summed E-state index contributed by atoms with van der Waals surface area (Å²) in [5.74, 6) is 0.338. The van der Waals surface area contributed by atoms with Crippen molar-refractivity contribution < 1.29 is 13.9 Å². The second-order valence-corrected chi connectivity index (χ2v) is 7.31. The first-order valence-electron chi connectivity index (χ1n) is 10.0. The average Bonchev–Trinajstić information content (AvgIpc) is 2.81. The normalized spacial score (nSPS) is 13.9. The zero-order valence-electron chi connectivity index (χ0n) is 17.2. The Kier molecular flexibility index (Phi) is 5.97. The number of piperazine rings is 1. The lowest BCUT2D eigenvalue weighted by Crippen LogP contribution is -2.50. The van der Waals surface area contributed by atoms with Crippen molar-refractivity contribution in [3.8, 4) is 17.0 Å². The van der Waals surface area contributed by atoms with E-state index < -0.39 is 0 Å². The van der Waals surface area contributed by atoms with Gasteiger partial charge in [0.15, 0.2) is 0 Å². The summed E-state index contributed by atoms with van der Waals surface area (Å²) in [4.78, 5) is 33.4. The first kappa shape index (κ1) is 20.6. The van der Waals surface area contributed by atoms with Gasteiger partial charge in [0.25, 0.3) is 5.56 Å². The topological polar surface area (TPSA) is 67.7 Å². The molecule has 7 nitrogen and oxygen atoms in total. The van der Waals surface area contributed by atoms with Gasteiger partial charge in [0, 0.05) is 43.5 Å². The number of benzene rings is 2. The van der Waals surface area contributed by atoms with Gasteiger partial charge in [-0.25, -0.2) is 9.37 Å². The molecule has 0 bridgehead atoms. The van der Waals surface area contributed by atoms with Crippen LogP contribution in [-0.2, 0) is 11.3 Å². The number of carbonyl (C=O) groups excluding carboxylic acids is 1. The quantitative estimate of drug-likeness (QED) is 0.632. The minimum atomic E-state index is -0.352. The molecule has 160 valence electrons. The summed E-state index contributed by atoms with van der Waals surface area (Å²) in [5.41, 5.74) is 1.86. The number of methoxy groups -OCH3 is 1. The molecular formula is C23H23FN4O3. The maximum Gasteiger partial charge on any atom is 0.254 e. The molecule has 1 fully saturated rings. The van der Waals surface area contributed by atoms with E-state index >= 15 is 0 Å². The van der Waals surface area contributed by atoms with E-state index in [1.54, 1.807) is 24.1 Å². The number of carbonyl (C=O) groups is 1. The van der Waals surface area contributed by atoms with Crippen molar-refractivity contribution in [1.82, 2.24) is 14.5 Å². The number of aromatic nitrogens is 2. The number of halogens is 1. The molecular weight excluding hydrogens is 399 g/mol. The standard InChI is InChI=1S/C23H23FN4O3/c1-31-20-8-6-19(7-9-20)26-10-12-27(13-11-26)23(30)15-28-16-25-21(14-22(28)29)17-2-4-18(24)5-3-17/h2-9,14,16H,10-13,15H2,1H3. The lowest BCUT2D eigenvalue weighted by molar-refractivity contribution is -0.132. The summed E-state index contributed by atoms with van der Waals surface area (Å²) in [6, 6.07) is 15.0. The van der Waals surface area contributed by atoms with Gasteiger partial charge in [-0.1, -0.05) is 0 Å². The summed E-state index contributed by atoms with van der Waals surface area (Å²) < 4.78 is 19.6. The fraction of sp³-hybridized carbons (Fsp3) is 0.261. The van der Waals surface area contributed by atoms with E-state index in [1.807, 2.05) is 24.3 Å². The maximum absolute atomic E-state index is 13.1. The first-order valence-corrected chi connectivity index (χ1v) is 10.0. The van der Waals surface area contributed by atoms with E-state index in [2.05, 4.69) is 9.88 Å². The highest BCUT2D eigenvalue weighted by atomic mass is 19.1. The highest BCUT2D eigenvalue weighted by molar-refractivity contribution is 5.76. The molecule has 1 aromatic heterocycles. The molecule has 0 atom stereocenters. The third kappa shape index (κ3) is 4.74. The van der Waals surface area contributed by atoms with Crippen LogP contribution in [0.2, 0.25) is 0 Å². The van der Waals surface area contributed by atoms with Crippen molar-refractivity contribution in [2.75, 3.05) is 38.2 Å². The summed E-state index contributed by atoms with van der Waals surface area (Å²) in [6.45, 7) is 2.54. The Hall–Kier alpha value is -3.68. The Bertz CT molecular complexity index is 1100. The molecule has 0 radical (unpaired) electrons. The molecule has 31 heavy (non-hydrogen) atoms. The predicted octanol–water partition coefficient (Wildman–Crippen LogP) is 2.41. The van der Waals surface area contributed by atoms with Gasteiger partial charge in [-0.3, -0.25) is 14.2 Å². The van der Waals surface area contributed by atoms with Gasteiger partial charge in [-0.05, 0) is 48.5 Å². The molecule has 0 unspecified atom stereocenters. The predicted molar refractivity (Wildman–Crippen MR) is 116 cm³/mol. The van der Waals surface area contributed by atoms with Gasteiger partial charge < -0.3 is 14.5 Å². The maximum atomic E-state index is 13.1. The van der Waals surface area contributed by atoms with Crippen LogP contribution in [0.4, 0.5) is 10.1 Å². The van der Waals surface area contributed by atoms with Gasteiger partial charge in [-0.2, -0.15) is 0 Å². The number of ether oxygens (including phenoxy) is 1. The highest BCUT2D eigenvalue weighted by Gasteiger charge is 2.22. The van der Waals surface area contributed by atoms with Crippen LogP contribution in [0.25, 0.3) is 11.3 Å². The molecule has 1 aliphatic rings. The molecule has 8 heteroatoms. The molecule has 1 amide bonds. The molecule has 1 aliphatic heterocycles. The molecule has 2 heterocycles. The van der Waals surface area contributed by atoms with Gasteiger partial charge in [0.1, 0.15) is 18.1 Å². The van der Waals surface area contributed by atoms with Crippen LogP contribution in [0.1, 0.15) is 0 Å². The summed E-state index contributed by atoms with van der Waals surface area (Å²) in [5, 5.41) is 0. The minimum Gasteiger partial charge on any atom is -0.497 e. The fourth-order valence-corrected chi connectivity index (χ4v) is 3.58. The molecule has 4 rings (SSSR count). The molecule has 2 aromatic carbocycles. The van der Waals surface area contributed by atoms with E-state index in [0.29, 0.717) is 37.4 Å². The van der Waals surface area contributed by atoms with Gasteiger partial charge in [0.2, 0.25) is 5.91 Å². The number of anilines is 1. The van der Waals surface area contributed by atoms with Crippen LogP contribution in [-0.4, -0.2) is 53.6 Å². The van der Waals surface area contributed by atoms with Crippen molar-refractivity contribution in [3.05, 3.63) is 77.1 Å². The van der Waals surface area contributed by atoms with Crippen molar-refractivity contribution in [2.24, 2.45) is 0 Å². The Morgan fingerprint density at radius 2 is 1.71 bits per heavy atom. The minimum absolute atomic E-state index is 0.0575. The van der Waals surface area contributed by atoms with Gasteiger partial charge in [-0.15, -0.1) is 0 Å². The molecule has 0 aliphatic carbocycles. The number of rotatable bonds is 5. The lowest BCUT2D eigenvalue weighted by Gasteiger charge is -2.36. The number of hydrogen-bond acceptors (Lipinski definition) is 5. The highest BCUT2D eigenvalue weighted by Crippen LogP contribution is 2.20. The Balaban J connectivity index is 1.36. The van der Waals surface area contributed by atoms with Crippen LogP contribution in [0, 0.1) is 5.82 Å². The molecule has 0 saturated carbocycles. The second-order valence-electron chi connectivity index (χ2n) is 7.31. The summed E-state index contributed by atoms with van der Waals surface area (Å²) in [7, 11) is 1.64. The number of amides is 1. The van der Waals surface area contributed by atoms with Gasteiger partial charge in [0.05, 0.1) is 19.1 Å². The van der Waals surface area contributed by atoms with Gasteiger partial charge >= 0.3 is 0 Å². The zero-order valence-corrected chi connectivity index (χ0v) is 17.2. The largest absolute Gasteiger partial charge is 0.497 e. The Labute approximate surface area is 179 Å². The lowest BCUT2D eigenvalue weighted by atomic mass is 10.1. The SMILES string of the molecule is COc1ccc(N2CCN(C(=O)Cn3cnc(-c4ccc(F)cc4)cc3=O)CC2)cc1. The number of nitrogens with zero attached hydrogens (tertiary/aromatic N) is 4. The fourth-order valence-electron chi connectivity index (χ4n) is 3.58. The monoisotopic (exact) mass is 422 g/mol. The average molecular weight is 422 g/mol. The Morgan fingerprint density at radius 1 is 1.03 bits per heavy atom. The molecule has 1 saturated heterocycles. The van der Waals surface area contributed by atoms with Crippen molar-refractivity contribution in [1.29, 1.82) is 0 Å². The van der Waals surface area contributed by atoms with Crippen LogP contribution in [0.5, 0.6) is 5.75 Å². The first-order chi connectivity index (χ1) is 15.0. The Morgan fingerprint density at radius 3 is 2.32 bits per heavy atom. The smallest absolute Gasteiger partial charge is 0.254 e. The summed E-state index contributed by atoms with van der Waals surface area (Å²) in [6.07, 6.45) is 1.37. The van der Waals surface area contributed by atoms with E-state index in [9.17, 15) is 14.0 Å². The van der Waals surface area contributed by atoms with Crippen LogP contribution < -0.4 is 15.2 Å². The van der Waals surface area contributed by atoms with E-state index in [4.69, 9.17) is 4.74 Å². The van der Waals surface area contributed by atoms with E-state index in [1.165, 1.54) is 29.1 Å². The van der Waals surface area contributed by atoms with Crippen molar-refractivity contribution in [2.45, 2.75) is 6.54 Å². The van der Waals surface area contributed by atoms with E-state index in [-0.39, 0.29) is 23.8 Å². The third-order valence-electron chi connectivity index (χ3n) is 5.40. The molecule has 0 N–H and O–H groups in total. The summed E-state index contributed by atoms with van der Waals surface area (Å²) >= 11 is 0. The van der Waals surface area contributed by atoms with Crippen LogP contribution in [0.3, 0.4) is 0 Å². The number of hydrogen-bond donors (Lipinski definition) is 0. The van der Waals surface area contributed by atoms with Crippen LogP contribution >= 0.6 is 0 Å². The zero-order chi connectivity index (χ0) is 21.8.